The molecule has 19 heavy (non-hydrogen) atoms. The van der Waals surface area contributed by atoms with Gasteiger partial charge in [-0.2, -0.15) is 10.1 Å². The molecule has 0 fully saturated rings. The third-order valence-corrected chi connectivity index (χ3v) is 4.06. The Morgan fingerprint density at radius 3 is 2.63 bits per heavy atom. The smallest absolute Gasteiger partial charge is 0.382 e. The molecule has 1 N–H and O–H groups in total. The summed E-state index contributed by atoms with van der Waals surface area (Å²) in [6.45, 7) is 1.88. The van der Waals surface area contributed by atoms with Crippen LogP contribution in [0.1, 0.15) is 6.92 Å². The molecule has 9 heteroatoms. The van der Waals surface area contributed by atoms with Gasteiger partial charge >= 0.3 is 7.07 Å². The van der Waals surface area contributed by atoms with Crippen LogP contribution >= 0.6 is 41.9 Å². The molecule has 1 unspecified atom stereocenters. The summed E-state index contributed by atoms with van der Waals surface area (Å²) in [4.78, 5) is 5.83. The molecular weight excluding hydrogens is 348 g/mol. The van der Waals surface area contributed by atoms with Gasteiger partial charge in [-0.25, -0.2) is 4.52 Å². The summed E-state index contributed by atoms with van der Waals surface area (Å²) in [5.41, 5.74) is 0.877. The first-order chi connectivity index (χ1) is 8.79. The Labute approximate surface area is 133 Å². The van der Waals surface area contributed by atoms with Crippen molar-refractivity contribution >= 4 is 53.7 Å². The molecule has 1 rings (SSSR count). The van der Waals surface area contributed by atoms with Crippen molar-refractivity contribution < 1.29 is 4.52 Å². The van der Waals surface area contributed by atoms with Gasteiger partial charge in [-0.05, 0) is 13.0 Å². The SMILES string of the molecule is C/C(=C\N(C)C)N[P+](=S)Oc1nc(Cl)c(Cl)cc1Cl. The summed E-state index contributed by atoms with van der Waals surface area (Å²) in [5, 5.41) is 3.68. The van der Waals surface area contributed by atoms with E-state index in [0.717, 1.165) is 5.70 Å². The van der Waals surface area contributed by atoms with Gasteiger partial charge in [-0.15, -0.1) is 0 Å². The second-order valence-electron chi connectivity index (χ2n) is 3.78. The van der Waals surface area contributed by atoms with Gasteiger partial charge in [0.05, 0.1) is 10.7 Å². The van der Waals surface area contributed by atoms with Crippen LogP contribution in [0.25, 0.3) is 0 Å². The lowest BCUT2D eigenvalue weighted by molar-refractivity contribution is 0.553. The summed E-state index contributed by atoms with van der Waals surface area (Å²) >= 11 is 22.7. The van der Waals surface area contributed by atoms with E-state index in [1.807, 2.05) is 32.1 Å². The van der Waals surface area contributed by atoms with Gasteiger partial charge in [0.2, 0.25) is 11.8 Å². The number of aromatic nitrogens is 1. The highest BCUT2D eigenvalue weighted by Gasteiger charge is 2.19. The van der Waals surface area contributed by atoms with Crippen molar-refractivity contribution in [3.8, 4) is 5.88 Å². The van der Waals surface area contributed by atoms with E-state index >= 15 is 0 Å². The molecule has 0 radical (unpaired) electrons. The zero-order chi connectivity index (χ0) is 14.6. The lowest BCUT2D eigenvalue weighted by atomic mass is 10.5. The number of halogens is 3. The van der Waals surface area contributed by atoms with E-state index in [0.29, 0.717) is 0 Å². The summed E-state index contributed by atoms with van der Waals surface area (Å²) in [7, 11) is 2.45. The fourth-order valence-electron chi connectivity index (χ4n) is 1.15. The molecule has 0 spiro atoms. The zero-order valence-corrected chi connectivity index (χ0v) is 14.4. The summed E-state index contributed by atoms with van der Waals surface area (Å²) < 4.78 is 5.46. The number of rotatable bonds is 5. The van der Waals surface area contributed by atoms with Gasteiger partial charge in [-0.3, -0.25) is 0 Å². The molecule has 4 nitrogen and oxygen atoms in total. The first kappa shape index (κ1) is 16.7. The van der Waals surface area contributed by atoms with E-state index < -0.39 is 7.07 Å². The average Bonchev–Trinajstić information content (AvgIpc) is 2.24. The van der Waals surface area contributed by atoms with E-state index in [1.54, 1.807) is 0 Å². The lowest BCUT2D eigenvalue weighted by Crippen LogP contribution is -2.09. The highest BCUT2D eigenvalue weighted by Crippen LogP contribution is 2.34. The minimum Gasteiger partial charge on any atom is -0.382 e. The first-order valence-corrected chi connectivity index (χ1v) is 8.48. The molecule has 0 bridgehead atoms. The highest BCUT2D eigenvalue weighted by atomic mass is 35.5. The first-order valence-electron chi connectivity index (χ1n) is 5.08. The fraction of sp³-hybridized carbons (Fsp3) is 0.300. The molecule has 1 atom stereocenters. The van der Waals surface area contributed by atoms with Gasteiger partial charge in [0.15, 0.2) is 5.15 Å². The number of hydrogen-bond acceptors (Lipinski definition) is 4. The number of nitrogens with one attached hydrogen (secondary N) is 1. The van der Waals surface area contributed by atoms with E-state index in [9.17, 15) is 0 Å². The van der Waals surface area contributed by atoms with Gasteiger partial charge in [0, 0.05) is 20.3 Å². The number of pyridine rings is 1. The fourth-order valence-corrected chi connectivity index (χ4v) is 3.07. The maximum atomic E-state index is 5.95. The van der Waals surface area contributed by atoms with Crippen molar-refractivity contribution in [2.45, 2.75) is 6.92 Å². The Hall–Kier alpha value is -0.320. The highest BCUT2D eigenvalue weighted by molar-refractivity contribution is 8.02. The normalized spacial score (nSPS) is 12.1. The second-order valence-corrected chi connectivity index (χ2v) is 6.87. The Kier molecular flexibility index (Phi) is 6.57. The van der Waals surface area contributed by atoms with E-state index in [2.05, 4.69) is 10.1 Å². The zero-order valence-electron chi connectivity index (χ0n) is 10.4. The van der Waals surface area contributed by atoms with Gasteiger partial charge in [0.25, 0.3) is 5.88 Å². The van der Waals surface area contributed by atoms with Crippen LogP contribution < -0.4 is 9.61 Å². The molecular formula is C10H12Cl3N3OPS+. The topological polar surface area (TPSA) is 37.4 Å². The Balaban J connectivity index is 2.75. The van der Waals surface area contributed by atoms with Crippen LogP contribution in [0.5, 0.6) is 5.88 Å². The Morgan fingerprint density at radius 1 is 1.42 bits per heavy atom. The molecule has 0 saturated carbocycles. The van der Waals surface area contributed by atoms with Crippen molar-refractivity contribution in [2.24, 2.45) is 0 Å². The molecule has 1 heterocycles. The summed E-state index contributed by atoms with van der Waals surface area (Å²) in [6, 6.07) is 1.47. The van der Waals surface area contributed by atoms with Crippen LogP contribution in [0.4, 0.5) is 0 Å². The maximum absolute atomic E-state index is 5.95. The van der Waals surface area contributed by atoms with Crippen molar-refractivity contribution in [1.82, 2.24) is 15.0 Å². The maximum Gasteiger partial charge on any atom is 0.521 e. The quantitative estimate of drug-likeness (QED) is 0.630. The third-order valence-electron chi connectivity index (χ3n) is 1.74. The minimum absolute atomic E-state index is 0.125. The standard InChI is InChI=1S/C10H12Cl3N3OPS/c1-6(5-16(2)3)15-18(19)17-10-8(12)4-7(11)9(13)14-10/h4-5H,1-3H3,(H,15,19)/q+1/b6-5+. The second kappa shape index (κ2) is 7.46. The predicted octanol–water partition coefficient (Wildman–Crippen LogP) is 4.21. The largest absolute Gasteiger partial charge is 0.521 e. The molecule has 0 aliphatic heterocycles. The van der Waals surface area contributed by atoms with Crippen LogP contribution in [0.2, 0.25) is 15.2 Å². The van der Waals surface area contributed by atoms with Crippen molar-refractivity contribution in [1.29, 1.82) is 0 Å². The number of allylic oxidation sites excluding steroid dienone is 1. The van der Waals surface area contributed by atoms with Crippen molar-refractivity contribution in [3.63, 3.8) is 0 Å². The number of hydrogen-bond donors (Lipinski definition) is 1. The van der Waals surface area contributed by atoms with Crippen LogP contribution in [0, 0.1) is 0 Å². The Morgan fingerprint density at radius 2 is 2.05 bits per heavy atom. The van der Waals surface area contributed by atoms with Crippen LogP contribution in [-0.4, -0.2) is 24.0 Å². The van der Waals surface area contributed by atoms with E-state index in [1.165, 1.54) is 6.07 Å². The molecule has 1 aromatic heterocycles. The molecule has 0 amide bonds. The van der Waals surface area contributed by atoms with E-state index in [-0.39, 0.29) is 21.1 Å². The predicted molar refractivity (Wildman–Crippen MR) is 84.8 cm³/mol. The number of nitrogens with zero attached hydrogens (tertiary/aromatic N) is 2. The minimum atomic E-state index is -1.38. The molecule has 104 valence electrons. The third kappa shape index (κ3) is 5.67. The summed E-state index contributed by atoms with van der Waals surface area (Å²) in [5.74, 6) is 0.169. The van der Waals surface area contributed by atoms with Crippen LogP contribution in [-0.2, 0) is 11.8 Å². The average molecular weight is 360 g/mol. The molecule has 0 saturated heterocycles. The molecule has 1 aromatic rings. The van der Waals surface area contributed by atoms with E-state index in [4.69, 9.17) is 51.1 Å². The van der Waals surface area contributed by atoms with Crippen LogP contribution in [0.3, 0.4) is 0 Å². The molecule has 0 aromatic carbocycles. The Bertz CT molecular complexity index is 525. The van der Waals surface area contributed by atoms with Crippen molar-refractivity contribution in [3.05, 3.63) is 33.2 Å². The lowest BCUT2D eigenvalue weighted by Gasteiger charge is -2.06. The monoisotopic (exact) mass is 358 g/mol. The van der Waals surface area contributed by atoms with Crippen molar-refractivity contribution in [2.75, 3.05) is 14.1 Å². The van der Waals surface area contributed by atoms with Crippen LogP contribution in [0.15, 0.2) is 18.0 Å². The van der Waals surface area contributed by atoms with Gasteiger partial charge in [-0.1, -0.05) is 34.8 Å². The van der Waals surface area contributed by atoms with Gasteiger partial charge in [0.1, 0.15) is 5.02 Å². The molecule has 0 aliphatic carbocycles. The summed E-state index contributed by atoms with van der Waals surface area (Å²) in [6.07, 6.45) is 1.88. The molecule has 0 aliphatic rings. The van der Waals surface area contributed by atoms with Gasteiger partial charge < -0.3 is 4.90 Å².